The molecule has 0 amide bonds. The lowest BCUT2D eigenvalue weighted by molar-refractivity contribution is 0.383. The van der Waals surface area contributed by atoms with Crippen LogP contribution in [0.25, 0.3) is 15.9 Å². The van der Waals surface area contributed by atoms with Crippen molar-refractivity contribution in [3.8, 4) is 0 Å². The Morgan fingerprint density at radius 1 is 1.19 bits per heavy atom. The Balaban J connectivity index is 1.73. The second kappa shape index (κ2) is 6.47. The van der Waals surface area contributed by atoms with Crippen LogP contribution in [0.1, 0.15) is 18.9 Å². The van der Waals surface area contributed by atoms with Gasteiger partial charge < -0.3 is 15.2 Å². The highest BCUT2D eigenvalue weighted by molar-refractivity contribution is 5.79. The summed E-state index contributed by atoms with van der Waals surface area (Å²) in [5.74, 6) is 1.01. The van der Waals surface area contributed by atoms with Gasteiger partial charge in [-0.05, 0) is 36.1 Å². The smallest absolute Gasteiger partial charge is 0.206 e. The Kier molecular flexibility index (Phi) is 4.14. The molecule has 2 heterocycles. The minimum absolute atomic E-state index is 0.153. The van der Waals surface area contributed by atoms with Crippen LogP contribution in [0.4, 0.5) is 11.6 Å². The number of fused-ring (bicyclic) bond motifs is 1. The van der Waals surface area contributed by atoms with Crippen LogP contribution in [-0.2, 0) is 6.54 Å². The molecule has 2 N–H and O–H groups in total. The van der Waals surface area contributed by atoms with Gasteiger partial charge in [-0.25, -0.2) is 9.83 Å². The first-order chi connectivity index (χ1) is 12.6. The highest BCUT2D eigenvalue weighted by Crippen LogP contribution is 2.34. The number of imidazole rings is 1. The fraction of sp³-hybridized carbons (Fsp3) is 0.333. The van der Waals surface area contributed by atoms with Gasteiger partial charge in [0.15, 0.2) is 5.69 Å². The zero-order valence-electron chi connectivity index (χ0n) is 15.0. The molecule has 0 radical (unpaired) electrons. The van der Waals surface area contributed by atoms with Crippen molar-refractivity contribution < 1.29 is 0 Å². The fourth-order valence-electron chi connectivity index (χ4n) is 3.68. The summed E-state index contributed by atoms with van der Waals surface area (Å²) < 4.78 is 2.28. The van der Waals surface area contributed by atoms with Crippen molar-refractivity contribution in [3.63, 3.8) is 0 Å². The fourth-order valence-corrected chi connectivity index (χ4v) is 3.68. The van der Waals surface area contributed by atoms with Crippen molar-refractivity contribution in [1.29, 1.82) is 0 Å². The largest absolute Gasteiger partial charge is 0.342 e. The van der Waals surface area contributed by atoms with Gasteiger partial charge in [-0.3, -0.25) is 0 Å². The molecular formula is C21H23N5. The molecule has 1 aliphatic rings. The van der Waals surface area contributed by atoms with Crippen LogP contribution in [0.15, 0.2) is 48.5 Å². The van der Waals surface area contributed by atoms with E-state index in [1.807, 2.05) is 30.3 Å². The Morgan fingerprint density at radius 2 is 1.96 bits per heavy atom. The van der Waals surface area contributed by atoms with Gasteiger partial charge >= 0.3 is 0 Å². The third kappa shape index (κ3) is 2.93. The standard InChI is InChI=1S/C21H23N5/c1-21(14-22)11-12-25(15-21)20-24-18-5-3-4-6-19(18)26(20)13-16-7-9-17(23-2)10-8-16/h3-10H,11-15,22H2,1H3. The number of hydrogen-bond donors (Lipinski definition) is 1. The molecule has 1 fully saturated rings. The highest BCUT2D eigenvalue weighted by atomic mass is 15.3. The summed E-state index contributed by atoms with van der Waals surface area (Å²) in [7, 11) is 0. The van der Waals surface area contributed by atoms with E-state index in [1.54, 1.807) is 0 Å². The third-order valence-electron chi connectivity index (χ3n) is 5.37. The predicted octanol–water partition coefficient (Wildman–Crippen LogP) is 3.81. The van der Waals surface area contributed by atoms with Gasteiger partial charge in [0.1, 0.15) is 0 Å². The topological polar surface area (TPSA) is 51.4 Å². The second-order valence-corrected chi connectivity index (χ2v) is 7.45. The Morgan fingerprint density at radius 3 is 2.65 bits per heavy atom. The summed E-state index contributed by atoms with van der Waals surface area (Å²) in [6.07, 6.45) is 1.09. The van der Waals surface area contributed by atoms with Crippen molar-refractivity contribution in [2.24, 2.45) is 11.1 Å². The molecule has 0 saturated carbocycles. The number of rotatable bonds is 4. The molecule has 0 aliphatic carbocycles. The monoisotopic (exact) mass is 345 g/mol. The van der Waals surface area contributed by atoms with Gasteiger partial charge in [0, 0.05) is 13.1 Å². The lowest BCUT2D eigenvalue weighted by Crippen LogP contribution is -2.32. The Hall–Kier alpha value is -2.84. The number of aromatic nitrogens is 2. The van der Waals surface area contributed by atoms with Gasteiger partial charge in [-0.2, -0.15) is 0 Å². The summed E-state index contributed by atoms with van der Waals surface area (Å²) in [4.78, 5) is 10.8. The van der Waals surface area contributed by atoms with E-state index in [0.29, 0.717) is 12.2 Å². The van der Waals surface area contributed by atoms with E-state index in [-0.39, 0.29) is 5.41 Å². The number of benzene rings is 2. The molecule has 132 valence electrons. The Bertz CT molecular complexity index is 966. The number of nitrogens with two attached hydrogens (primary N) is 1. The molecular weight excluding hydrogens is 322 g/mol. The van der Waals surface area contributed by atoms with Gasteiger partial charge in [-0.1, -0.05) is 43.3 Å². The van der Waals surface area contributed by atoms with E-state index in [9.17, 15) is 0 Å². The molecule has 1 atom stereocenters. The molecule has 0 bridgehead atoms. The maximum absolute atomic E-state index is 7.11. The minimum Gasteiger partial charge on any atom is -0.342 e. The first kappa shape index (κ1) is 16.6. The number of nitrogens with zero attached hydrogens (tertiary/aromatic N) is 4. The third-order valence-corrected chi connectivity index (χ3v) is 5.37. The van der Waals surface area contributed by atoms with E-state index in [2.05, 4.69) is 39.4 Å². The van der Waals surface area contributed by atoms with E-state index < -0.39 is 0 Å². The number of para-hydroxylation sites is 2. The van der Waals surface area contributed by atoms with Crippen LogP contribution in [0.3, 0.4) is 0 Å². The molecule has 4 rings (SSSR count). The van der Waals surface area contributed by atoms with E-state index in [1.165, 1.54) is 5.56 Å². The van der Waals surface area contributed by atoms with E-state index in [4.69, 9.17) is 17.3 Å². The SMILES string of the molecule is [C-]#[N+]c1ccc(Cn2c(N3CCC(C)(CN)C3)nc3ccccc32)cc1. The molecule has 1 aliphatic heterocycles. The molecule has 26 heavy (non-hydrogen) atoms. The van der Waals surface area contributed by atoms with Gasteiger partial charge in [-0.15, -0.1) is 0 Å². The summed E-state index contributed by atoms with van der Waals surface area (Å²) in [6, 6.07) is 16.1. The van der Waals surface area contributed by atoms with Crippen molar-refractivity contribution >= 4 is 22.7 Å². The minimum atomic E-state index is 0.153. The number of hydrogen-bond acceptors (Lipinski definition) is 3. The lowest BCUT2D eigenvalue weighted by atomic mass is 9.90. The average molecular weight is 345 g/mol. The molecule has 5 heteroatoms. The average Bonchev–Trinajstić information content (AvgIpc) is 3.24. The summed E-state index contributed by atoms with van der Waals surface area (Å²) in [5, 5.41) is 0. The number of anilines is 1. The predicted molar refractivity (Wildman–Crippen MR) is 106 cm³/mol. The first-order valence-electron chi connectivity index (χ1n) is 8.99. The molecule has 1 aromatic heterocycles. The van der Waals surface area contributed by atoms with E-state index in [0.717, 1.165) is 43.0 Å². The lowest BCUT2D eigenvalue weighted by Gasteiger charge is -2.24. The summed E-state index contributed by atoms with van der Waals surface area (Å²) in [6.45, 7) is 12.7. The molecule has 3 aromatic rings. The van der Waals surface area contributed by atoms with Crippen molar-refractivity contribution in [3.05, 3.63) is 65.5 Å². The first-order valence-corrected chi connectivity index (χ1v) is 8.99. The molecule has 1 unspecified atom stereocenters. The second-order valence-electron chi connectivity index (χ2n) is 7.45. The van der Waals surface area contributed by atoms with Crippen LogP contribution >= 0.6 is 0 Å². The van der Waals surface area contributed by atoms with Gasteiger partial charge in [0.25, 0.3) is 0 Å². The molecule has 0 spiro atoms. The van der Waals surface area contributed by atoms with Crippen LogP contribution in [-0.4, -0.2) is 29.2 Å². The quantitative estimate of drug-likeness (QED) is 0.732. The maximum atomic E-state index is 7.11. The van der Waals surface area contributed by atoms with Crippen LogP contribution in [0.5, 0.6) is 0 Å². The summed E-state index contributed by atoms with van der Waals surface area (Å²) >= 11 is 0. The van der Waals surface area contributed by atoms with Crippen LogP contribution in [0.2, 0.25) is 0 Å². The van der Waals surface area contributed by atoms with Gasteiger partial charge in [0.2, 0.25) is 5.95 Å². The Labute approximate surface area is 153 Å². The zero-order valence-corrected chi connectivity index (χ0v) is 15.0. The molecule has 5 nitrogen and oxygen atoms in total. The van der Waals surface area contributed by atoms with E-state index >= 15 is 0 Å². The van der Waals surface area contributed by atoms with Crippen molar-refractivity contribution in [2.45, 2.75) is 19.9 Å². The normalized spacial score (nSPS) is 19.8. The maximum Gasteiger partial charge on any atom is 0.206 e. The van der Waals surface area contributed by atoms with Crippen LogP contribution in [0, 0.1) is 12.0 Å². The zero-order chi connectivity index (χ0) is 18.1. The highest BCUT2D eigenvalue weighted by Gasteiger charge is 2.34. The molecule has 2 aromatic carbocycles. The van der Waals surface area contributed by atoms with Crippen molar-refractivity contribution in [1.82, 2.24) is 9.55 Å². The molecule has 1 saturated heterocycles. The van der Waals surface area contributed by atoms with Crippen molar-refractivity contribution in [2.75, 3.05) is 24.5 Å². The van der Waals surface area contributed by atoms with Crippen LogP contribution < -0.4 is 10.6 Å². The van der Waals surface area contributed by atoms with Gasteiger partial charge in [0.05, 0.1) is 24.2 Å². The summed E-state index contributed by atoms with van der Waals surface area (Å²) in [5.41, 5.74) is 10.1.